The highest BCUT2D eigenvalue weighted by Crippen LogP contribution is 2.25. The summed E-state index contributed by atoms with van der Waals surface area (Å²) in [6, 6.07) is 7.97. The fourth-order valence-electron chi connectivity index (χ4n) is 2.37. The molecule has 17 heavy (non-hydrogen) atoms. The summed E-state index contributed by atoms with van der Waals surface area (Å²) < 4.78 is 0.869. The van der Waals surface area contributed by atoms with E-state index in [9.17, 15) is 0 Å². The lowest BCUT2D eigenvalue weighted by Crippen LogP contribution is -2.17. The van der Waals surface area contributed by atoms with Gasteiger partial charge in [0.05, 0.1) is 5.56 Å². The molecular formula is C14H17BrN2. The molecule has 2 nitrogen and oxygen atoms in total. The Bertz CT molecular complexity index is 417. The van der Waals surface area contributed by atoms with Gasteiger partial charge in [0.25, 0.3) is 0 Å². The van der Waals surface area contributed by atoms with Gasteiger partial charge in [0.2, 0.25) is 0 Å². The van der Waals surface area contributed by atoms with Crippen molar-refractivity contribution < 1.29 is 0 Å². The molecule has 0 heterocycles. The van der Waals surface area contributed by atoms with Crippen LogP contribution in [0.3, 0.4) is 0 Å². The number of halogens is 1. The van der Waals surface area contributed by atoms with Crippen molar-refractivity contribution in [2.45, 2.75) is 32.1 Å². The Morgan fingerprint density at radius 1 is 1.29 bits per heavy atom. The molecule has 1 aliphatic carbocycles. The number of hydrogen-bond acceptors (Lipinski definition) is 2. The van der Waals surface area contributed by atoms with Gasteiger partial charge >= 0.3 is 0 Å². The maximum Gasteiger partial charge on any atom is 0.100 e. The summed E-state index contributed by atoms with van der Waals surface area (Å²) in [6.45, 7) is 1.05. The van der Waals surface area contributed by atoms with E-state index < -0.39 is 0 Å². The Morgan fingerprint density at radius 3 is 2.71 bits per heavy atom. The number of nitriles is 1. The van der Waals surface area contributed by atoms with Gasteiger partial charge in [0.1, 0.15) is 6.07 Å². The predicted octanol–water partition coefficient (Wildman–Crippen LogP) is 4.31. The average Bonchev–Trinajstić information content (AvgIpc) is 2.38. The fraction of sp³-hybridized carbons (Fsp3) is 0.500. The van der Waals surface area contributed by atoms with Crippen molar-refractivity contribution in [1.29, 1.82) is 5.26 Å². The normalized spacial score (nSPS) is 16.5. The molecule has 1 fully saturated rings. The molecule has 0 aliphatic heterocycles. The molecule has 0 unspecified atom stereocenters. The van der Waals surface area contributed by atoms with Crippen molar-refractivity contribution in [3.05, 3.63) is 28.2 Å². The van der Waals surface area contributed by atoms with Crippen LogP contribution in [-0.4, -0.2) is 6.54 Å². The Hall–Kier alpha value is -1.01. The first-order chi connectivity index (χ1) is 8.29. The second-order valence-corrected chi connectivity index (χ2v) is 5.55. The number of benzene rings is 1. The monoisotopic (exact) mass is 292 g/mol. The highest BCUT2D eigenvalue weighted by atomic mass is 79.9. The van der Waals surface area contributed by atoms with E-state index in [1.807, 2.05) is 18.2 Å². The van der Waals surface area contributed by atoms with Gasteiger partial charge < -0.3 is 5.32 Å². The smallest absolute Gasteiger partial charge is 0.100 e. The Morgan fingerprint density at radius 2 is 2.06 bits per heavy atom. The van der Waals surface area contributed by atoms with Crippen LogP contribution < -0.4 is 5.32 Å². The summed E-state index contributed by atoms with van der Waals surface area (Å²) >= 11 is 3.41. The zero-order valence-corrected chi connectivity index (χ0v) is 11.5. The van der Waals surface area contributed by atoms with Crippen molar-refractivity contribution >= 4 is 21.6 Å². The molecule has 1 N–H and O–H groups in total. The SMILES string of the molecule is N#Cc1ccc(NCC2CCCCC2)cc1Br. The van der Waals surface area contributed by atoms with Crippen molar-refractivity contribution in [2.75, 3.05) is 11.9 Å². The third-order valence-corrected chi connectivity index (χ3v) is 4.07. The van der Waals surface area contributed by atoms with Gasteiger partial charge in [-0.2, -0.15) is 5.26 Å². The van der Waals surface area contributed by atoms with E-state index in [0.717, 1.165) is 22.6 Å². The van der Waals surface area contributed by atoms with Crippen molar-refractivity contribution in [3.8, 4) is 6.07 Å². The molecule has 1 saturated carbocycles. The van der Waals surface area contributed by atoms with Gasteiger partial charge in [-0.05, 0) is 52.9 Å². The first-order valence-corrected chi connectivity index (χ1v) is 7.02. The van der Waals surface area contributed by atoms with E-state index in [-0.39, 0.29) is 0 Å². The minimum absolute atomic E-state index is 0.688. The number of rotatable bonds is 3. The summed E-state index contributed by atoms with van der Waals surface area (Å²) in [4.78, 5) is 0. The molecule has 0 atom stereocenters. The lowest BCUT2D eigenvalue weighted by molar-refractivity contribution is 0.373. The molecular weight excluding hydrogens is 276 g/mol. The largest absolute Gasteiger partial charge is 0.385 e. The second-order valence-electron chi connectivity index (χ2n) is 4.69. The average molecular weight is 293 g/mol. The van der Waals surface area contributed by atoms with Crippen molar-refractivity contribution in [1.82, 2.24) is 0 Å². The van der Waals surface area contributed by atoms with Crippen LogP contribution in [0.1, 0.15) is 37.7 Å². The fourth-order valence-corrected chi connectivity index (χ4v) is 2.84. The van der Waals surface area contributed by atoms with E-state index in [0.29, 0.717) is 5.56 Å². The van der Waals surface area contributed by atoms with E-state index in [4.69, 9.17) is 5.26 Å². The van der Waals surface area contributed by atoms with Crippen LogP contribution in [0, 0.1) is 17.2 Å². The van der Waals surface area contributed by atoms with Crippen LogP contribution in [0.2, 0.25) is 0 Å². The Kier molecular flexibility index (Phi) is 4.44. The topological polar surface area (TPSA) is 35.8 Å². The number of nitrogens with one attached hydrogen (secondary N) is 1. The van der Waals surface area contributed by atoms with Gasteiger partial charge in [-0.25, -0.2) is 0 Å². The van der Waals surface area contributed by atoms with Crippen LogP contribution >= 0.6 is 15.9 Å². The highest BCUT2D eigenvalue weighted by Gasteiger charge is 2.12. The van der Waals surface area contributed by atoms with E-state index in [2.05, 4.69) is 27.3 Å². The van der Waals surface area contributed by atoms with E-state index in [1.54, 1.807) is 0 Å². The molecule has 0 saturated heterocycles. The molecule has 0 bridgehead atoms. The van der Waals surface area contributed by atoms with Crippen LogP contribution in [0.15, 0.2) is 22.7 Å². The lowest BCUT2D eigenvalue weighted by atomic mass is 9.89. The van der Waals surface area contributed by atoms with Gasteiger partial charge in [-0.15, -0.1) is 0 Å². The standard InChI is InChI=1S/C14H17BrN2/c15-14-8-13(7-6-12(14)9-16)17-10-11-4-2-1-3-5-11/h6-8,11,17H,1-5,10H2. The van der Waals surface area contributed by atoms with Crippen LogP contribution in [0.25, 0.3) is 0 Å². The first-order valence-electron chi connectivity index (χ1n) is 6.23. The molecule has 3 heteroatoms. The summed E-state index contributed by atoms with van der Waals surface area (Å²) in [7, 11) is 0. The van der Waals surface area contributed by atoms with Crippen molar-refractivity contribution in [3.63, 3.8) is 0 Å². The maximum absolute atomic E-state index is 8.84. The lowest BCUT2D eigenvalue weighted by Gasteiger charge is -2.22. The van der Waals surface area contributed by atoms with Gasteiger partial charge in [-0.3, -0.25) is 0 Å². The van der Waals surface area contributed by atoms with Crippen molar-refractivity contribution in [2.24, 2.45) is 5.92 Å². The first kappa shape index (κ1) is 12.4. The van der Waals surface area contributed by atoms with Crippen LogP contribution in [0.5, 0.6) is 0 Å². The van der Waals surface area contributed by atoms with Gasteiger partial charge in [0, 0.05) is 16.7 Å². The second kappa shape index (κ2) is 6.07. The maximum atomic E-state index is 8.84. The third kappa shape index (κ3) is 3.47. The number of nitrogens with zero attached hydrogens (tertiary/aromatic N) is 1. The minimum atomic E-state index is 0.688. The van der Waals surface area contributed by atoms with Crippen LogP contribution in [0.4, 0.5) is 5.69 Å². The molecule has 2 rings (SSSR count). The molecule has 0 radical (unpaired) electrons. The molecule has 0 amide bonds. The summed E-state index contributed by atoms with van der Waals surface area (Å²) in [5, 5.41) is 12.3. The zero-order chi connectivity index (χ0) is 12.1. The Labute approximate surface area is 111 Å². The molecule has 1 aromatic carbocycles. The summed E-state index contributed by atoms with van der Waals surface area (Å²) in [5.74, 6) is 0.818. The molecule has 0 aromatic heterocycles. The van der Waals surface area contributed by atoms with Gasteiger partial charge in [0.15, 0.2) is 0 Å². The third-order valence-electron chi connectivity index (χ3n) is 3.41. The molecule has 1 aliphatic rings. The Balaban J connectivity index is 1.90. The molecule has 90 valence electrons. The van der Waals surface area contributed by atoms with Gasteiger partial charge in [-0.1, -0.05) is 19.3 Å². The number of hydrogen-bond donors (Lipinski definition) is 1. The predicted molar refractivity (Wildman–Crippen MR) is 73.9 cm³/mol. The highest BCUT2D eigenvalue weighted by molar-refractivity contribution is 9.10. The summed E-state index contributed by atoms with van der Waals surface area (Å²) in [6.07, 6.45) is 6.86. The summed E-state index contributed by atoms with van der Waals surface area (Å²) in [5.41, 5.74) is 1.79. The minimum Gasteiger partial charge on any atom is -0.385 e. The van der Waals surface area contributed by atoms with E-state index >= 15 is 0 Å². The number of anilines is 1. The zero-order valence-electron chi connectivity index (χ0n) is 9.88. The quantitative estimate of drug-likeness (QED) is 0.901. The molecule has 1 aromatic rings. The van der Waals surface area contributed by atoms with Crippen LogP contribution in [-0.2, 0) is 0 Å². The van der Waals surface area contributed by atoms with E-state index in [1.165, 1.54) is 32.1 Å². The molecule has 0 spiro atoms.